The predicted molar refractivity (Wildman–Crippen MR) is 71.4 cm³/mol. The van der Waals surface area contributed by atoms with Crippen LogP contribution in [0.5, 0.6) is 0 Å². The smallest absolute Gasteiger partial charge is 0.307 e. The van der Waals surface area contributed by atoms with E-state index in [1.54, 1.807) is 0 Å². The molecule has 4 nitrogen and oxygen atoms in total. The lowest BCUT2D eigenvalue weighted by Crippen LogP contribution is -2.33. The van der Waals surface area contributed by atoms with E-state index in [1.165, 1.54) is 12.8 Å². The molecule has 1 N–H and O–H groups in total. The quantitative estimate of drug-likeness (QED) is 0.739. The van der Waals surface area contributed by atoms with E-state index in [0.717, 1.165) is 25.9 Å². The molecule has 1 aliphatic rings. The van der Waals surface area contributed by atoms with Gasteiger partial charge in [-0.1, -0.05) is 0 Å². The lowest BCUT2D eigenvalue weighted by Gasteiger charge is -2.25. The maximum Gasteiger partial charge on any atom is 0.307 e. The first kappa shape index (κ1) is 15.4. The van der Waals surface area contributed by atoms with E-state index in [0.29, 0.717) is 12.5 Å². The Hall–Kier alpha value is -0.610. The Labute approximate surface area is 110 Å². The minimum Gasteiger partial charge on any atom is -0.460 e. The molecule has 0 aromatic rings. The third kappa shape index (κ3) is 5.83. The highest BCUT2D eigenvalue weighted by molar-refractivity contribution is 5.70. The maximum atomic E-state index is 11.6. The number of esters is 1. The number of hydrogen-bond donors (Lipinski definition) is 1. The second-order valence-corrected chi connectivity index (χ2v) is 6.03. The van der Waals surface area contributed by atoms with Gasteiger partial charge in [0.1, 0.15) is 5.60 Å². The molecule has 1 aliphatic heterocycles. The highest BCUT2D eigenvalue weighted by Gasteiger charge is 2.25. The molecule has 0 aromatic heterocycles. The molecule has 18 heavy (non-hydrogen) atoms. The van der Waals surface area contributed by atoms with E-state index in [9.17, 15) is 4.79 Å². The van der Waals surface area contributed by atoms with Gasteiger partial charge in [0.05, 0.1) is 6.42 Å². The lowest BCUT2D eigenvalue weighted by molar-refractivity contribution is -0.155. The fourth-order valence-electron chi connectivity index (χ4n) is 2.47. The molecule has 1 saturated heterocycles. The third-order valence-electron chi connectivity index (χ3n) is 3.22. The summed E-state index contributed by atoms with van der Waals surface area (Å²) in [6.07, 6.45) is 4.74. The summed E-state index contributed by atoms with van der Waals surface area (Å²) in [6, 6.07) is 0.541. The molecule has 0 saturated carbocycles. The van der Waals surface area contributed by atoms with Gasteiger partial charge in [0.25, 0.3) is 0 Å². The fourth-order valence-corrected chi connectivity index (χ4v) is 2.47. The number of rotatable bonds is 6. The number of likely N-dealkylation sites (tertiary alicyclic amines) is 1. The number of aliphatic hydroxyl groups excluding tert-OH is 1. The van der Waals surface area contributed by atoms with Gasteiger partial charge in [-0.3, -0.25) is 9.69 Å². The second kappa shape index (κ2) is 7.10. The van der Waals surface area contributed by atoms with Gasteiger partial charge in [-0.25, -0.2) is 0 Å². The van der Waals surface area contributed by atoms with Crippen LogP contribution in [0.2, 0.25) is 0 Å². The molecular weight excluding hydrogens is 230 g/mol. The minimum atomic E-state index is -0.390. The van der Waals surface area contributed by atoms with Crippen LogP contribution in [-0.4, -0.2) is 47.3 Å². The van der Waals surface area contributed by atoms with Gasteiger partial charge in [-0.15, -0.1) is 0 Å². The van der Waals surface area contributed by atoms with Crippen molar-refractivity contribution in [3.63, 3.8) is 0 Å². The summed E-state index contributed by atoms with van der Waals surface area (Å²) < 4.78 is 5.31. The van der Waals surface area contributed by atoms with Gasteiger partial charge >= 0.3 is 5.97 Å². The van der Waals surface area contributed by atoms with Crippen LogP contribution in [0.4, 0.5) is 0 Å². The second-order valence-electron chi connectivity index (χ2n) is 6.03. The molecule has 0 amide bonds. The average Bonchev–Trinajstić information content (AvgIpc) is 2.68. The van der Waals surface area contributed by atoms with Crippen LogP contribution in [0.15, 0.2) is 0 Å². The van der Waals surface area contributed by atoms with Crippen LogP contribution in [0.25, 0.3) is 0 Å². The van der Waals surface area contributed by atoms with Crippen molar-refractivity contribution >= 4 is 5.97 Å². The zero-order valence-electron chi connectivity index (χ0n) is 11.9. The van der Waals surface area contributed by atoms with Crippen LogP contribution in [0, 0.1) is 0 Å². The summed E-state index contributed by atoms with van der Waals surface area (Å²) >= 11 is 0. The van der Waals surface area contributed by atoms with E-state index >= 15 is 0 Å². The van der Waals surface area contributed by atoms with Crippen LogP contribution in [-0.2, 0) is 9.53 Å². The summed E-state index contributed by atoms with van der Waals surface area (Å²) in [6.45, 7) is 7.79. The number of carbonyl (C=O) groups excluding carboxylic acids is 1. The van der Waals surface area contributed by atoms with Gasteiger partial charge < -0.3 is 9.84 Å². The Balaban J connectivity index is 2.27. The Morgan fingerprint density at radius 1 is 1.44 bits per heavy atom. The van der Waals surface area contributed by atoms with Crippen LogP contribution in [0.3, 0.4) is 0 Å². The molecule has 0 spiro atoms. The zero-order chi connectivity index (χ0) is 13.6. The molecule has 0 radical (unpaired) electrons. The van der Waals surface area contributed by atoms with Crippen molar-refractivity contribution in [2.45, 2.75) is 64.5 Å². The van der Waals surface area contributed by atoms with E-state index in [2.05, 4.69) is 4.90 Å². The molecule has 106 valence electrons. The molecule has 0 aliphatic carbocycles. The van der Waals surface area contributed by atoms with Gasteiger partial charge in [-0.2, -0.15) is 0 Å². The first-order valence-electron chi connectivity index (χ1n) is 6.99. The van der Waals surface area contributed by atoms with E-state index in [-0.39, 0.29) is 12.6 Å². The van der Waals surface area contributed by atoms with Crippen molar-refractivity contribution in [2.24, 2.45) is 0 Å². The molecule has 0 bridgehead atoms. The van der Waals surface area contributed by atoms with E-state index in [1.807, 2.05) is 20.8 Å². The van der Waals surface area contributed by atoms with Gasteiger partial charge in [-0.05, 0) is 53.0 Å². The monoisotopic (exact) mass is 257 g/mol. The van der Waals surface area contributed by atoms with Crippen molar-refractivity contribution in [1.29, 1.82) is 0 Å². The number of carbonyl (C=O) groups is 1. The summed E-state index contributed by atoms with van der Waals surface area (Å²) in [4.78, 5) is 14.0. The van der Waals surface area contributed by atoms with Crippen molar-refractivity contribution in [1.82, 2.24) is 4.90 Å². The van der Waals surface area contributed by atoms with Gasteiger partial charge in [0.2, 0.25) is 0 Å². The van der Waals surface area contributed by atoms with Crippen molar-refractivity contribution < 1.29 is 14.6 Å². The molecule has 1 unspecified atom stereocenters. The summed E-state index contributed by atoms with van der Waals surface area (Å²) in [5.41, 5.74) is -0.390. The summed E-state index contributed by atoms with van der Waals surface area (Å²) in [7, 11) is 0. The molecule has 1 rings (SSSR count). The molecule has 4 heteroatoms. The first-order valence-corrected chi connectivity index (χ1v) is 6.99. The van der Waals surface area contributed by atoms with Crippen LogP contribution in [0.1, 0.15) is 52.9 Å². The summed E-state index contributed by atoms with van der Waals surface area (Å²) in [5, 5.41) is 8.87. The van der Waals surface area contributed by atoms with Crippen molar-refractivity contribution in [2.75, 3.05) is 19.7 Å². The number of hydrogen-bond acceptors (Lipinski definition) is 4. The Bertz CT molecular complexity index is 260. The normalized spacial score (nSPS) is 21.2. The third-order valence-corrected chi connectivity index (χ3v) is 3.22. The van der Waals surface area contributed by atoms with Crippen LogP contribution >= 0.6 is 0 Å². The molecule has 1 atom stereocenters. The maximum absolute atomic E-state index is 11.6. The largest absolute Gasteiger partial charge is 0.460 e. The zero-order valence-corrected chi connectivity index (χ0v) is 11.9. The lowest BCUT2D eigenvalue weighted by atomic mass is 10.1. The number of nitrogens with zero attached hydrogens (tertiary/aromatic N) is 1. The fraction of sp³-hybridized carbons (Fsp3) is 0.929. The molecule has 1 fully saturated rings. The highest BCUT2D eigenvalue weighted by Crippen LogP contribution is 2.21. The average molecular weight is 257 g/mol. The van der Waals surface area contributed by atoms with E-state index in [4.69, 9.17) is 9.84 Å². The predicted octanol–water partition coefficient (Wildman–Crippen LogP) is 1.96. The summed E-state index contributed by atoms with van der Waals surface area (Å²) in [5.74, 6) is -0.115. The standard InChI is InChI=1S/C14H27NO3/c1-14(2,3)18-13(17)8-10-15-9-4-6-12(15)7-5-11-16/h12,16H,4-11H2,1-3H3. The Morgan fingerprint density at radius 2 is 2.17 bits per heavy atom. The number of ether oxygens (including phenoxy) is 1. The van der Waals surface area contributed by atoms with E-state index < -0.39 is 5.60 Å². The SMILES string of the molecule is CC(C)(C)OC(=O)CCN1CCCC1CCCO. The van der Waals surface area contributed by atoms with Crippen LogP contribution < -0.4 is 0 Å². The highest BCUT2D eigenvalue weighted by atomic mass is 16.6. The van der Waals surface area contributed by atoms with Gasteiger partial charge in [0.15, 0.2) is 0 Å². The van der Waals surface area contributed by atoms with Crippen molar-refractivity contribution in [3.8, 4) is 0 Å². The molecule has 1 heterocycles. The Kier molecular flexibility index (Phi) is 6.09. The first-order chi connectivity index (χ1) is 8.42. The molecular formula is C14H27NO3. The topological polar surface area (TPSA) is 49.8 Å². The van der Waals surface area contributed by atoms with Gasteiger partial charge in [0, 0.05) is 19.2 Å². The van der Waals surface area contributed by atoms with Crippen molar-refractivity contribution in [3.05, 3.63) is 0 Å². The minimum absolute atomic E-state index is 0.115. The Morgan fingerprint density at radius 3 is 2.78 bits per heavy atom. The number of aliphatic hydroxyl groups is 1. The molecule has 0 aromatic carbocycles.